The van der Waals surface area contributed by atoms with Gasteiger partial charge in [-0.2, -0.15) is 13.4 Å². The van der Waals surface area contributed by atoms with Crippen molar-refractivity contribution < 1.29 is 17.9 Å². The lowest BCUT2D eigenvalue weighted by Crippen LogP contribution is -2.35. The van der Waals surface area contributed by atoms with Gasteiger partial charge in [0.1, 0.15) is 10.8 Å². The van der Waals surface area contributed by atoms with E-state index >= 15 is 0 Å². The zero-order valence-corrected chi connectivity index (χ0v) is 16.2. The number of nitrogens with zero attached hydrogens (tertiary/aromatic N) is 4. The van der Waals surface area contributed by atoms with Crippen LogP contribution in [0.4, 0.5) is 10.7 Å². The summed E-state index contributed by atoms with van der Waals surface area (Å²) >= 11 is 11.7. The summed E-state index contributed by atoms with van der Waals surface area (Å²) < 4.78 is 33.2. The number of carbonyl (C=O) groups excluding carboxylic acids is 1. The van der Waals surface area contributed by atoms with E-state index in [0.717, 1.165) is 5.56 Å². The first-order valence-electron chi connectivity index (χ1n) is 7.26. The Morgan fingerprint density at radius 3 is 2.67 bits per heavy atom. The molecule has 2 N–H and O–H groups in total. The highest BCUT2D eigenvalue weighted by atomic mass is 35.5. The molecule has 3 rings (SSSR count). The van der Waals surface area contributed by atoms with E-state index < -0.39 is 16.1 Å². The number of amides is 2. The van der Waals surface area contributed by atoms with Crippen LogP contribution in [-0.2, 0) is 10.0 Å². The third kappa shape index (κ3) is 4.04. The maximum absolute atomic E-state index is 12.6. The normalized spacial score (nSPS) is 11.4. The maximum atomic E-state index is 12.6. The largest absolute Gasteiger partial charge is 0.481 e. The number of aromatic nitrogens is 4. The lowest BCUT2D eigenvalue weighted by Gasteiger charge is -2.09. The Kier molecular flexibility index (Phi) is 5.09. The number of ether oxygens (including phenoxy) is 1. The van der Waals surface area contributed by atoms with Gasteiger partial charge in [0.05, 0.1) is 7.11 Å². The van der Waals surface area contributed by atoms with Gasteiger partial charge in [-0.1, -0.05) is 29.3 Å². The van der Waals surface area contributed by atoms with Crippen LogP contribution in [0.5, 0.6) is 5.88 Å². The van der Waals surface area contributed by atoms with Crippen LogP contribution in [0.2, 0.25) is 10.3 Å². The Balaban J connectivity index is 1.89. The molecule has 0 aliphatic rings. The van der Waals surface area contributed by atoms with Crippen LogP contribution in [0.15, 0.2) is 29.4 Å². The fourth-order valence-electron chi connectivity index (χ4n) is 2.20. The molecule has 142 valence electrons. The van der Waals surface area contributed by atoms with Gasteiger partial charge in [-0.3, -0.25) is 9.72 Å². The summed E-state index contributed by atoms with van der Waals surface area (Å²) in [7, 11) is -3.00. The average Bonchev–Trinajstić information content (AvgIpc) is 2.89. The lowest BCUT2D eigenvalue weighted by molar-refractivity contribution is 0.256. The van der Waals surface area contributed by atoms with Gasteiger partial charge >= 0.3 is 6.03 Å². The van der Waals surface area contributed by atoms with Crippen molar-refractivity contribution in [3.63, 3.8) is 0 Å². The monoisotopic (exact) mass is 430 g/mol. The first-order chi connectivity index (χ1) is 12.7. The molecule has 13 heteroatoms. The number of urea groups is 1. The second kappa shape index (κ2) is 7.18. The van der Waals surface area contributed by atoms with E-state index in [1.165, 1.54) is 23.8 Å². The zero-order chi connectivity index (χ0) is 19.8. The van der Waals surface area contributed by atoms with Crippen LogP contribution in [-0.4, -0.2) is 40.9 Å². The number of hydrogen-bond donors (Lipinski definition) is 2. The van der Waals surface area contributed by atoms with Crippen LogP contribution in [0.25, 0.3) is 5.65 Å². The molecule has 0 spiro atoms. The zero-order valence-electron chi connectivity index (χ0n) is 13.9. The minimum Gasteiger partial charge on any atom is -0.481 e. The highest BCUT2D eigenvalue weighted by molar-refractivity contribution is 7.90. The second-order valence-electron chi connectivity index (χ2n) is 5.26. The predicted molar refractivity (Wildman–Crippen MR) is 97.9 cm³/mol. The van der Waals surface area contributed by atoms with Gasteiger partial charge in [0.25, 0.3) is 10.0 Å². The van der Waals surface area contributed by atoms with Crippen LogP contribution in [0, 0.1) is 6.92 Å². The lowest BCUT2D eigenvalue weighted by atomic mass is 10.3. The number of rotatable bonds is 4. The van der Waals surface area contributed by atoms with Gasteiger partial charge in [-0.25, -0.2) is 19.5 Å². The van der Waals surface area contributed by atoms with Crippen molar-refractivity contribution in [2.45, 2.75) is 11.9 Å². The summed E-state index contributed by atoms with van der Waals surface area (Å²) in [4.78, 5) is 23.7. The van der Waals surface area contributed by atoms with E-state index in [2.05, 4.69) is 20.3 Å². The smallest absolute Gasteiger partial charge is 0.335 e. The number of pyridine rings is 1. The van der Waals surface area contributed by atoms with Crippen LogP contribution < -0.4 is 14.8 Å². The molecule has 3 heterocycles. The summed E-state index contributed by atoms with van der Waals surface area (Å²) in [5.74, 6) is -0.152. The van der Waals surface area contributed by atoms with Crippen molar-refractivity contribution in [2.75, 3.05) is 12.4 Å². The number of methoxy groups -OCH3 is 1. The highest BCUT2D eigenvalue weighted by Gasteiger charge is 2.27. The number of fused-ring (bicyclic) bond motifs is 1. The molecule has 10 nitrogen and oxygen atoms in total. The van der Waals surface area contributed by atoms with Crippen molar-refractivity contribution in [1.29, 1.82) is 0 Å². The van der Waals surface area contributed by atoms with Crippen LogP contribution >= 0.6 is 23.2 Å². The maximum Gasteiger partial charge on any atom is 0.335 e. The Morgan fingerprint density at radius 2 is 1.96 bits per heavy atom. The third-order valence-electron chi connectivity index (χ3n) is 3.27. The van der Waals surface area contributed by atoms with Crippen molar-refractivity contribution in [3.05, 3.63) is 40.3 Å². The quantitative estimate of drug-likeness (QED) is 0.607. The van der Waals surface area contributed by atoms with Crippen LogP contribution in [0.1, 0.15) is 5.56 Å². The van der Waals surface area contributed by atoms with Gasteiger partial charge in [0.15, 0.2) is 10.2 Å². The summed E-state index contributed by atoms with van der Waals surface area (Å²) in [5, 5.41) is 1.52. The molecule has 0 aromatic carbocycles. The van der Waals surface area contributed by atoms with Gasteiger partial charge in [-0.15, -0.1) is 0 Å². The van der Waals surface area contributed by atoms with Crippen molar-refractivity contribution in [2.24, 2.45) is 0 Å². The molecule has 0 saturated carbocycles. The number of hydrogen-bond acceptors (Lipinski definition) is 7. The van der Waals surface area contributed by atoms with E-state index in [-0.39, 0.29) is 27.2 Å². The number of nitrogens with one attached hydrogen (secondary N) is 2. The molecule has 3 aromatic rings. The molecular formula is C14H12Cl2N6O4S. The predicted octanol–water partition coefficient (Wildman–Crippen LogP) is 2.26. The molecule has 0 radical (unpaired) electrons. The number of imidazole rings is 1. The van der Waals surface area contributed by atoms with E-state index in [9.17, 15) is 13.2 Å². The highest BCUT2D eigenvalue weighted by Crippen LogP contribution is 2.23. The molecule has 0 aliphatic heterocycles. The molecule has 0 fully saturated rings. The van der Waals surface area contributed by atoms with Gasteiger partial charge < -0.3 is 4.74 Å². The Hall–Kier alpha value is -2.63. The van der Waals surface area contributed by atoms with Gasteiger partial charge in [0, 0.05) is 12.3 Å². The first-order valence-corrected chi connectivity index (χ1v) is 9.50. The van der Waals surface area contributed by atoms with E-state index in [4.69, 9.17) is 27.9 Å². The summed E-state index contributed by atoms with van der Waals surface area (Å²) in [5.41, 5.74) is 1.09. The molecule has 0 bridgehead atoms. The molecule has 0 unspecified atom stereocenters. The fourth-order valence-corrected chi connectivity index (χ4v) is 3.92. The third-order valence-corrected chi connectivity index (χ3v) is 5.19. The fraction of sp³-hybridized carbons (Fsp3) is 0.143. The average molecular weight is 431 g/mol. The number of anilines is 1. The summed E-state index contributed by atoms with van der Waals surface area (Å²) in [6.07, 6.45) is 1.53. The Labute approximate surface area is 163 Å². The van der Waals surface area contributed by atoms with E-state index in [1.807, 2.05) is 4.72 Å². The summed E-state index contributed by atoms with van der Waals surface area (Å²) in [6, 6.07) is 3.56. The van der Waals surface area contributed by atoms with Crippen LogP contribution in [0.3, 0.4) is 0 Å². The van der Waals surface area contributed by atoms with E-state index in [1.54, 1.807) is 19.1 Å². The molecule has 0 atom stereocenters. The molecule has 0 saturated heterocycles. The van der Waals surface area contributed by atoms with Gasteiger partial charge in [-0.05, 0) is 18.6 Å². The number of sulfonamides is 1. The molecule has 0 aliphatic carbocycles. The minimum absolute atomic E-state index is 0.000288. The molecular weight excluding hydrogens is 419 g/mol. The second-order valence-corrected chi connectivity index (χ2v) is 7.60. The molecule has 3 aromatic heterocycles. The Bertz CT molecular complexity index is 1150. The number of carbonyl (C=O) groups is 1. The first kappa shape index (κ1) is 19.1. The SMILES string of the molecule is COc1cc(Cl)nc(NC(=O)NS(=O)(=O)c2c(Cl)nc3ccc(C)cn23)n1. The summed E-state index contributed by atoms with van der Waals surface area (Å²) in [6.45, 7) is 1.77. The molecule has 2 amide bonds. The van der Waals surface area contributed by atoms with Crippen molar-refractivity contribution in [3.8, 4) is 5.88 Å². The topological polar surface area (TPSA) is 128 Å². The number of aryl methyl sites for hydroxylation is 1. The van der Waals surface area contributed by atoms with Crippen molar-refractivity contribution in [1.82, 2.24) is 24.1 Å². The molecule has 27 heavy (non-hydrogen) atoms. The standard InChI is InChI=1S/C14H12Cl2N6O4S/c1-7-3-4-9-18-11(16)12(22(9)6-7)27(24,25)21-14(23)20-13-17-8(15)5-10(19-13)26-2/h3-6H,1-2H3,(H2,17,19,20,21,23). The van der Waals surface area contributed by atoms with E-state index in [0.29, 0.717) is 5.65 Å². The number of halogens is 2. The van der Waals surface area contributed by atoms with Gasteiger partial charge in [0.2, 0.25) is 11.8 Å². The van der Waals surface area contributed by atoms with Crippen molar-refractivity contribution >= 4 is 50.9 Å². The Morgan fingerprint density at radius 1 is 1.22 bits per heavy atom. The minimum atomic E-state index is -4.35.